The molecule has 23 heavy (non-hydrogen) atoms. The highest BCUT2D eigenvalue weighted by atomic mass is 35.5. The van der Waals surface area contributed by atoms with E-state index in [9.17, 15) is 9.59 Å². The summed E-state index contributed by atoms with van der Waals surface area (Å²) in [4.78, 5) is 24.3. The molecule has 1 saturated heterocycles. The molecule has 6 nitrogen and oxygen atoms in total. The first kappa shape index (κ1) is 19.4. The summed E-state index contributed by atoms with van der Waals surface area (Å²) in [5, 5.41) is 6.15. The number of rotatable bonds is 5. The number of esters is 1. The van der Waals surface area contributed by atoms with E-state index in [1.807, 2.05) is 0 Å². The molecule has 0 saturated carbocycles. The lowest BCUT2D eigenvalue weighted by molar-refractivity contribution is -0.130. The molecule has 0 spiro atoms. The first-order chi connectivity index (χ1) is 10.6. The van der Waals surface area contributed by atoms with Crippen LogP contribution in [0, 0.1) is 5.41 Å². The number of amides is 1. The van der Waals surface area contributed by atoms with Gasteiger partial charge in [-0.15, -0.1) is 12.4 Å². The van der Waals surface area contributed by atoms with Crippen LogP contribution in [0.1, 0.15) is 23.2 Å². The molecule has 0 atom stereocenters. The molecule has 0 bridgehead atoms. The van der Waals surface area contributed by atoms with Gasteiger partial charge < -0.3 is 20.1 Å². The zero-order chi connectivity index (χ0) is 16.0. The van der Waals surface area contributed by atoms with Crippen molar-refractivity contribution in [3.05, 3.63) is 29.8 Å². The Morgan fingerprint density at radius 2 is 1.96 bits per heavy atom. The summed E-state index contributed by atoms with van der Waals surface area (Å²) in [5.74, 6) is -0.498. The normalized spacial score (nSPS) is 16.1. The Hall–Kier alpha value is -1.63. The number of hydrogen-bond acceptors (Lipinski definition) is 5. The summed E-state index contributed by atoms with van der Waals surface area (Å²) in [6, 6.07) is 6.74. The predicted octanol–water partition coefficient (Wildman–Crippen LogP) is 1.85. The van der Waals surface area contributed by atoms with Crippen molar-refractivity contribution < 1.29 is 19.1 Å². The summed E-state index contributed by atoms with van der Waals surface area (Å²) in [6.45, 7) is 1.97. The van der Waals surface area contributed by atoms with Crippen molar-refractivity contribution in [3.63, 3.8) is 0 Å². The van der Waals surface area contributed by atoms with Gasteiger partial charge >= 0.3 is 5.97 Å². The molecule has 1 fully saturated rings. The number of anilines is 1. The minimum Gasteiger partial charge on any atom is -0.465 e. The molecule has 2 N–H and O–H groups in total. The van der Waals surface area contributed by atoms with Crippen LogP contribution in [-0.4, -0.2) is 45.8 Å². The Balaban J connectivity index is 0.00000264. The van der Waals surface area contributed by atoms with E-state index in [1.165, 1.54) is 7.11 Å². The summed E-state index contributed by atoms with van der Waals surface area (Å²) < 4.78 is 9.95. The van der Waals surface area contributed by atoms with Crippen LogP contribution in [0.4, 0.5) is 5.69 Å². The van der Waals surface area contributed by atoms with E-state index in [0.29, 0.717) is 17.9 Å². The summed E-state index contributed by atoms with van der Waals surface area (Å²) in [5.41, 5.74) is 0.467. The van der Waals surface area contributed by atoms with E-state index >= 15 is 0 Å². The standard InChI is InChI=1S/C16H22N2O4.ClH/c1-21-11-16(6-8-17-9-7-16)15(20)18-13-5-3-4-12(10-13)14(19)22-2;/h3-5,10,17H,6-9,11H2,1-2H3,(H,18,20);1H. The molecule has 1 aliphatic heterocycles. The summed E-state index contributed by atoms with van der Waals surface area (Å²) >= 11 is 0. The minimum atomic E-state index is -0.527. The van der Waals surface area contributed by atoms with Gasteiger partial charge in [-0.3, -0.25) is 4.79 Å². The number of carbonyl (C=O) groups excluding carboxylic acids is 2. The fourth-order valence-corrected chi connectivity index (χ4v) is 2.72. The van der Waals surface area contributed by atoms with E-state index in [2.05, 4.69) is 10.6 Å². The smallest absolute Gasteiger partial charge is 0.337 e. The minimum absolute atomic E-state index is 0. The Labute approximate surface area is 142 Å². The van der Waals surface area contributed by atoms with E-state index in [1.54, 1.807) is 31.4 Å². The van der Waals surface area contributed by atoms with Crippen LogP contribution in [0.25, 0.3) is 0 Å². The van der Waals surface area contributed by atoms with Crippen LogP contribution in [0.3, 0.4) is 0 Å². The monoisotopic (exact) mass is 342 g/mol. The molecule has 0 aromatic heterocycles. The zero-order valence-electron chi connectivity index (χ0n) is 13.4. The van der Waals surface area contributed by atoms with Crippen molar-refractivity contribution in [2.45, 2.75) is 12.8 Å². The van der Waals surface area contributed by atoms with E-state index < -0.39 is 11.4 Å². The van der Waals surface area contributed by atoms with Crippen molar-refractivity contribution in [2.75, 3.05) is 39.2 Å². The molecular formula is C16H23ClN2O4. The van der Waals surface area contributed by atoms with E-state index in [4.69, 9.17) is 9.47 Å². The lowest BCUT2D eigenvalue weighted by atomic mass is 9.78. The van der Waals surface area contributed by atoms with Crippen LogP contribution < -0.4 is 10.6 Å². The summed E-state index contributed by atoms with van der Waals surface area (Å²) in [7, 11) is 2.94. The Morgan fingerprint density at radius 1 is 1.26 bits per heavy atom. The number of ether oxygens (including phenoxy) is 2. The van der Waals surface area contributed by atoms with Crippen molar-refractivity contribution in [1.82, 2.24) is 5.32 Å². The van der Waals surface area contributed by atoms with Gasteiger partial charge in [0.2, 0.25) is 5.91 Å². The molecule has 0 radical (unpaired) electrons. The van der Waals surface area contributed by atoms with Gasteiger partial charge in [-0.2, -0.15) is 0 Å². The molecule has 2 rings (SSSR count). The first-order valence-corrected chi connectivity index (χ1v) is 7.31. The van der Waals surface area contributed by atoms with Gasteiger partial charge in [-0.05, 0) is 44.1 Å². The first-order valence-electron chi connectivity index (χ1n) is 7.31. The second-order valence-electron chi connectivity index (χ2n) is 5.49. The molecule has 7 heteroatoms. The third kappa shape index (κ3) is 4.67. The molecule has 1 amide bonds. The van der Waals surface area contributed by atoms with Crippen LogP contribution >= 0.6 is 12.4 Å². The maximum atomic E-state index is 12.7. The number of hydrogen-bond donors (Lipinski definition) is 2. The van der Waals surface area contributed by atoms with Crippen molar-refractivity contribution >= 4 is 30.0 Å². The van der Waals surface area contributed by atoms with Gasteiger partial charge in [0.1, 0.15) is 0 Å². The number of nitrogens with one attached hydrogen (secondary N) is 2. The second kappa shape index (κ2) is 8.86. The highest BCUT2D eigenvalue weighted by Crippen LogP contribution is 2.31. The molecular weight excluding hydrogens is 320 g/mol. The fourth-order valence-electron chi connectivity index (χ4n) is 2.72. The van der Waals surface area contributed by atoms with Gasteiger partial charge in [0.25, 0.3) is 0 Å². The zero-order valence-corrected chi connectivity index (χ0v) is 14.2. The number of halogens is 1. The Kier molecular flexibility index (Phi) is 7.48. The number of piperidine rings is 1. The molecule has 128 valence electrons. The Morgan fingerprint density at radius 3 is 2.57 bits per heavy atom. The van der Waals surface area contributed by atoms with Crippen LogP contribution in [0.2, 0.25) is 0 Å². The van der Waals surface area contributed by atoms with Crippen LogP contribution in [0.15, 0.2) is 24.3 Å². The fraction of sp³-hybridized carbons (Fsp3) is 0.500. The predicted molar refractivity (Wildman–Crippen MR) is 90.1 cm³/mol. The van der Waals surface area contributed by atoms with Crippen LogP contribution in [-0.2, 0) is 14.3 Å². The third-order valence-electron chi connectivity index (χ3n) is 4.00. The molecule has 0 aliphatic carbocycles. The summed E-state index contributed by atoms with van der Waals surface area (Å²) in [6.07, 6.45) is 1.45. The average Bonchev–Trinajstić information content (AvgIpc) is 2.55. The van der Waals surface area contributed by atoms with Gasteiger partial charge in [0.05, 0.1) is 24.7 Å². The average molecular weight is 343 g/mol. The molecule has 1 aromatic carbocycles. The van der Waals surface area contributed by atoms with Gasteiger partial charge in [0.15, 0.2) is 0 Å². The molecule has 1 aromatic rings. The van der Waals surface area contributed by atoms with Gasteiger partial charge in [-0.25, -0.2) is 4.79 Å². The van der Waals surface area contributed by atoms with Gasteiger partial charge in [0, 0.05) is 12.8 Å². The maximum absolute atomic E-state index is 12.7. The van der Waals surface area contributed by atoms with Crippen LogP contribution in [0.5, 0.6) is 0 Å². The lowest BCUT2D eigenvalue weighted by Gasteiger charge is -2.35. The van der Waals surface area contributed by atoms with Crippen molar-refractivity contribution in [2.24, 2.45) is 5.41 Å². The topological polar surface area (TPSA) is 76.7 Å². The quantitative estimate of drug-likeness (QED) is 0.799. The highest BCUT2D eigenvalue weighted by molar-refractivity contribution is 5.97. The SMILES string of the molecule is COCC1(C(=O)Nc2cccc(C(=O)OC)c2)CCNCC1.Cl. The third-order valence-corrected chi connectivity index (χ3v) is 4.00. The van der Waals surface area contributed by atoms with Gasteiger partial charge in [-0.1, -0.05) is 6.07 Å². The van der Waals surface area contributed by atoms with E-state index in [0.717, 1.165) is 25.9 Å². The second-order valence-corrected chi connectivity index (χ2v) is 5.49. The highest BCUT2D eigenvalue weighted by Gasteiger charge is 2.39. The molecule has 1 aliphatic rings. The number of carbonyl (C=O) groups is 2. The Bertz CT molecular complexity index is 539. The number of methoxy groups -OCH3 is 2. The maximum Gasteiger partial charge on any atom is 0.337 e. The number of benzene rings is 1. The molecule has 0 unspecified atom stereocenters. The van der Waals surface area contributed by atoms with E-state index in [-0.39, 0.29) is 18.3 Å². The van der Waals surface area contributed by atoms with Crippen molar-refractivity contribution in [1.29, 1.82) is 0 Å². The van der Waals surface area contributed by atoms with Crippen molar-refractivity contribution in [3.8, 4) is 0 Å². The lowest BCUT2D eigenvalue weighted by Crippen LogP contribution is -2.47. The largest absolute Gasteiger partial charge is 0.465 e. The molecule has 1 heterocycles.